The van der Waals surface area contributed by atoms with E-state index in [4.69, 9.17) is 4.18 Å². The van der Waals surface area contributed by atoms with Gasteiger partial charge in [0, 0.05) is 13.0 Å². The zero-order chi connectivity index (χ0) is 20.6. The quantitative estimate of drug-likeness (QED) is 0.731. The monoisotopic (exact) mass is 414 g/mol. The van der Waals surface area contributed by atoms with Crippen LogP contribution in [0.1, 0.15) is 44.1 Å². The third-order valence-electron chi connectivity index (χ3n) is 5.16. The number of nitrogens with one attached hydrogen (secondary N) is 1. The first-order chi connectivity index (χ1) is 13.7. The van der Waals surface area contributed by atoms with Crippen LogP contribution >= 0.6 is 0 Å². The van der Waals surface area contributed by atoms with E-state index in [1.54, 1.807) is 12.1 Å². The summed E-state index contributed by atoms with van der Waals surface area (Å²) < 4.78 is 30.5. The first kappa shape index (κ1) is 19.4. The molecule has 2 aliphatic rings. The van der Waals surface area contributed by atoms with Gasteiger partial charge in [0.05, 0.1) is 10.7 Å². The molecule has 8 nitrogen and oxygen atoms in total. The molecule has 1 fully saturated rings. The van der Waals surface area contributed by atoms with E-state index >= 15 is 0 Å². The first-order valence-corrected chi connectivity index (χ1v) is 10.8. The molecule has 1 N–H and O–H groups in total. The Hall–Kier alpha value is -2.94. The van der Waals surface area contributed by atoms with Gasteiger partial charge in [0.2, 0.25) is 5.79 Å². The van der Waals surface area contributed by atoms with Gasteiger partial charge in [-0.3, -0.25) is 0 Å². The predicted octanol–water partition coefficient (Wildman–Crippen LogP) is 0.971. The lowest BCUT2D eigenvalue weighted by Crippen LogP contribution is -2.48. The Morgan fingerprint density at radius 1 is 1.10 bits per heavy atom. The van der Waals surface area contributed by atoms with Gasteiger partial charge >= 0.3 is 10.1 Å². The van der Waals surface area contributed by atoms with Gasteiger partial charge in [0.25, 0.3) is 0 Å². The van der Waals surface area contributed by atoms with E-state index in [1.165, 1.54) is 38.0 Å². The van der Waals surface area contributed by atoms with Crippen LogP contribution in [0.25, 0.3) is 0 Å². The Morgan fingerprint density at radius 2 is 1.76 bits per heavy atom. The minimum Gasteiger partial charge on any atom is -0.530 e. The molecule has 1 unspecified atom stereocenters. The number of hydrogen-bond donors (Lipinski definition) is 1. The minimum absolute atomic E-state index is 0.0697. The summed E-state index contributed by atoms with van der Waals surface area (Å²) in [6.07, 6.45) is 3.19. The van der Waals surface area contributed by atoms with Crippen LogP contribution in [-0.2, 0) is 10.1 Å². The molecule has 4 rings (SSSR count). The average molecular weight is 414 g/mol. The van der Waals surface area contributed by atoms with Crippen molar-refractivity contribution < 1.29 is 22.5 Å². The molecule has 29 heavy (non-hydrogen) atoms. The molecule has 0 spiro atoms. The second kappa shape index (κ2) is 7.14. The largest absolute Gasteiger partial charge is 0.530 e. The van der Waals surface area contributed by atoms with Crippen molar-refractivity contribution in [1.29, 1.82) is 0 Å². The van der Waals surface area contributed by atoms with Gasteiger partial charge in [-0.05, 0) is 48.6 Å². The molecule has 0 bridgehead atoms. The number of rotatable bonds is 5. The van der Waals surface area contributed by atoms with Gasteiger partial charge in [-0.15, -0.1) is 0 Å². The van der Waals surface area contributed by atoms with Gasteiger partial charge < -0.3 is 19.4 Å². The van der Waals surface area contributed by atoms with E-state index in [-0.39, 0.29) is 10.6 Å². The highest BCUT2D eigenvalue weighted by molar-refractivity contribution is 7.87. The second-order valence-corrected chi connectivity index (χ2v) is 8.94. The molecule has 0 saturated heterocycles. The van der Waals surface area contributed by atoms with Gasteiger partial charge in [-0.1, -0.05) is 25.0 Å². The van der Waals surface area contributed by atoms with Crippen molar-refractivity contribution in [2.24, 2.45) is 9.98 Å². The summed E-state index contributed by atoms with van der Waals surface area (Å²) in [6.45, 7) is 1.46. The summed E-state index contributed by atoms with van der Waals surface area (Å²) in [4.78, 5) is 19.2. The van der Waals surface area contributed by atoms with Gasteiger partial charge in [0.1, 0.15) is 16.7 Å². The molecule has 1 heterocycles. The van der Waals surface area contributed by atoms with Crippen LogP contribution in [0.2, 0.25) is 0 Å². The summed E-state index contributed by atoms with van der Waals surface area (Å²) >= 11 is 0. The molecule has 1 aliphatic heterocycles. The van der Waals surface area contributed by atoms with E-state index in [0.29, 0.717) is 16.6 Å². The van der Waals surface area contributed by atoms with Crippen molar-refractivity contribution in [3.05, 3.63) is 58.7 Å². The molecular formula is C20H20N3O5S-. The predicted molar refractivity (Wildman–Crippen MR) is 101 cm³/mol. The van der Waals surface area contributed by atoms with Crippen LogP contribution in [0.15, 0.2) is 57.3 Å². The lowest BCUT2D eigenvalue weighted by atomic mass is 9.98. The summed E-state index contributed by atoms with van der Waals surface area (Å²) in [5.41, 5.74) is 1.15. The molecule has 0 radical (unpaired) electrons. The summed E-state index contributed by atoms with van der Waals surface area (Å²) in [7, 11) is -4.01. The van der Waals surface area contributed by atoms with E-state index in [2.05, 4.69) is 15.3 Å². The van der Waals surface area contributed by atoms with Gasteiger partial charge in [0.15, 0.2) is 0 Å². The smallest absolute Gasteiger partial charge is 0.339 e. The molecule has 2 aromatic carbocycles. The van der Waals surface area contributed by atoms with Crippen molar-refractivity contribution in [3.8, 4) is 5.75 Å². The van der Waals surface area contributed by atoms with E-state index in [9.17, 15) is 18.3 Å². The Balaban J connectivity index is 1.55. The first-order valence-electron chi connectivity index (χ1n) is 9.38. The number of carboxylic acid groups (broad SMARTS) is 1. The molecule has 1 amide bonds. The highest BCUT2D eigenvalue weighted by Gasteiger charge is 2.25. The number of fused-ring (bicyclic) bond motifs is 1. The van der Waals surface area contributed by atoms with E-state index < -0.39 is 22.0 Å². The van der Waals surface area contributed by atoms with Gasteiger partial charge in [-0.2, -0.15) is 8.42 Å². The van der Waals surface area contributed by atoms with E-state index in [0.717, 1.165) is 18.4 Å². The second-order valence-electron chi connectivity index (χ2n) is 7.40. The van der Waals surface area contributed by atoms with Crippen molar-refractivity contribution in [3.63, 3.8) is 0 Å². The standard InChI is InChI=1S/C20H21N3O5S/c1-20(23-19(24)25)21-17-11-8-15(12-18(17)22-20)28-29(26,27)16-9-6-14(7-10-16)13-4-2-3-5-13/h6-13,23H,2-5H2,1H3,(H,24,25)/p-1. The Morgan fingerprint density at radius 3 is 2.41 bits per heavy atom. The van der Waals surface area contributed by atoms with Crippen LogP contribution in [0, 0.1) is 0 Å². The fourth-order valence-corrected chi connectivity index (χ4v) is 4.75. The van der Waals surface area contributed by atoms with Crippen LogP contribution in [0.4, 0.5) is 4.79 Å². The maximum atomic E-state index is 12.6. The zero-order valence-corrected chi connectivity index (χ0v) is 16.6. The summed E-state index contributed by atoms with van der Waals surface area (Å²) in [5.74, 6) is -0.840. The Kier molecular flexibility index (Phi) is 4.77. The summed E-state index contributed by atoms with van der Waals surface area (Å²) in [6, 6.07) is 11.2. The SMILES string of the molecule is CC1(NC(=O)[O-])N=c2ccc(OS(=O)(=O)c3ccc(C4CCCC4)cc3)cc2=N1. The molecule has 1 saturated carbocycles. The number of benzene rings is 2. The minimum atomic E-state index is -4.01. The number of carbonyl (C=O) groups is 1. The van der Waals surface area contributed by atoms with Crippen LogP contribution < -0.4 is 25.3 Å². The maximum absolute atomic E-state index is 12.6. The normalized spacial score (nSPS) is 21.1. The maximum Gasteiger partial charge on any atom is 0.339 e. The molecule has 1 atom stereocenters. The lowest BCUT2D eigenvalue weighted by molar-refractivity contribution is -0.252. The third-order valence-corrected chi connectivity index (χ3v) is 6.42. The number of carbonyl (C=O) groups excluding carboxylic acids is 1. The summed E-state index contributed by atoms with van der Waals surface area (Å²) in [5, 5.41) is 13.6. The topological polar surface area (TPSA) is 120 Å². The number of amides is 1. The lowest BCUT2D eigenvalue weighted by Gasteiger charge is -2.20. The fourth-order valence-electron chi connectivity index (χ4n) is 3.82. The fraction of sp³-hybridized carbons (Fsp3) is 0.350. The van der Waals surface area contributed by atoms with E-state index in [1.807, 2.05) is 12.1 Å². The molecule has 1 aliphatic carbocycles. The Bertz CT molecular complexity index is 1170. The molecule has 2 aromatic rings. The van der Waals surface area contributed by atoms with Crippen LogP contribution in [0.3, 0.4) is 0 Å². The molecular weight excluding hydrogens is 394 g/mol. The van der Waals surface area contributed by atoms with Crippen molar-refractivity contribution in [2.45, 2.75) is 49.2 Å². The van der Waals surface area contributed by atoms with Crippen molar-refractivity contribution >= 4 is 16.2 Å². The van der Waals surface area contributed by atoms with Crippen molar-refractivity contribution in [1.82, 2.24) is 5.32 Å². The van der Waals surface area contributed by atoms with Crippen LogP contribution in [-0.4, -0.2) is 20.3 Å². The highest BCUT2D eigenvalue weighted by atomic mass is 32.2. The third kappa shape index (κ3) is 4.09. The van der Waals surface area contributed by atoms with Gasteiger partial charge in [-0.25, -0.2) is 9.98 Å². The molecule has 9 heteroatoms. The number of hydrogen-bond acceptors (Lipinski definition) is 7. The molecule has 0 aromatic heterocycles. The zero-order valence-electron chi connectivity index (χ0n) is 15.8. The number of nitrogens with zero attached hydrogens (tertiary/aromatic N) is 2. The highest BCUT2D eigenvalue weighted by Crippen LogP contribution is 2.34. The van der Waals surface area contributed by atoms with Crippen molar-refractivity contribution in [2.75, 3.05) is 0 Å². The average Bonchev–Trinajstić information content (AvgIpc) is 3.27. The molecule has 152 valence electrons. The van der Waals surface area contributed by atoms with Crippen LogP contribution in [0.5, 0.6) is 5.75 Å². The Labute approximate surface area is 168 Å².